The Kier molecular flexibility index (Phi) is 30.6. The second-order valence-corrected chi connectivity index (χ2v) is 29.3. The fourth-order valence-corrected chi connectivity index (χ4v) is 13.6. The molecule has 7 aromatic rings. The first-order valence-electron chi connectivity index (χ1n) is 38.0. The highest BCUT2D eigenvalue weighted by atomic mass is 35.5. The minimum Gasteiger partial charge on any atom is -0.506 e. The van der Waals surface area contributed by atoms with Crippen LogP contribution in [-0.4, -0.2) is 208 Å². The molecule has 2 atom stereocenters. The number of aromatic carboxylic acids is 1. The number of hydrogen-bond acceptors (Lipinski definition) is 25. The van der Waals surface area contributed by atoms with E-state index in [4.69, 9.17) is 60.8 Å². The van der Waals surface area contributed by atoms with Crippen LogP contribution >= 0.6 is 23.2 Å². The number of amides is 4. The van der Waals surface area contributed by atoms with Crippen LogP contribution in [0.1, 0.15) is 102 Å². The number of carbonyl (C=O) groups excluding carboxylic acids is 6. The van der Waals surface area contributed by atoms with Crippen molar-refractivity contribution in [2.24, 2.45) is 5.41 Å². The number of ether oxygens (including phenoxy) is 7. The summed E-state index contributed by atoms with van der Waals surface area (Å²) in [6, 6.07) is 27.6. The van der Waals surface area contributed by atoms with Gasteiger partial charge in [0.05, 0.1) is 80.1 Å². The third kappa shape index (κ3) is 23.9. The minimum atomic E-state index is -1.44. The zero-order valence-electron chi connectivity index (χ0n) is 66.2. The smallest absolute Gasteiger partial charge is 0.336 e. The number of benzene rings is 7. The maximum Gasteiger partial charge on any atom is 0.336 e. The van der Waals surface area contributed by atoms with E-state index in [0.717, 1.165) is 33.6 Å². The van der Waals surface area contributed by atoms with E-state index in [9.17, 15) is 88.2 Å². The van der Waals surface area contributed by atoms with Crippen molar-refractivity contribution >= 4 is 116 Å². The number of anilines is 3. The van der Waals surface area contributed by atoms with Crippen LogP contribution in [0.4, 0.5) is 17.1 Å². The van der Waals surface area contributed by atoms with Crippen molar-refractivity contribution in [3.05, 3.63) is 181 Å². The number of ketones is 1. The number of Topliss-reactive ketones (excluding diaryl/α,β-unsaturated/α-hetero) is 1. The molecule has 0 unspecified atom stereocenters. The van der Waals surface area contributed by atoms with Gasteiger partial charge in [0, 0.05) is 64.5 Å². The summed E-state index contributed by atoms with van der Waals surface area (Å²) in [6.45, 7) is 1.33. The largest absolute Gasteiger partial charge is 0.506 e. The number of carbonyl (C=O) groups is 11. The number of methoxy groups -OCH3 is 2. The van der Waals surface area contributed by atoms with Gasteiger partial charge >= 0.3 is 35.8 Å². The summed E-state index contributed by atoms with van der Waals surface area (Å²) < 4.78 is 48.5. The van der Waals surface area contributed by atoms with Crippen molar-refractivity contribution in [1.29, 1.82) is 0 Å². The van der Waals surface area contributed by atoms with E-state index >= 15 is 0 Å². The van der Waals surface area contributed by atoms with Crippen molar-refractivity contribution in [2.45, 2.75) is 91.0 Å². The maximum absolute atomic E-state index is 14.3. The standard InChI is InChI=1S/C84H87Cl2N9O26/c1-6-84(2,3)79(108)81(110)95-24-8-7-12-62(95)83(113)121-65(21-14-47-15-22-66(114-4)71(30-47)115-5)49-10-9-11-53(33-49)119-46-73(99)87-23-26-116-27-25-94-41-52(90-91-94)40-88-72(98)32-48-13-19-60(92(42-74(100)101)43-75(102)103)69(31-48)117-28-29-118-70-35-51(17-20-61(70)93(44-76(104)105)45-77(106)107)89-80(109)50-16-18-54(82(111)112)55(34-50)78-56-36-58(85)63(96)38-67(56)120-68-39-64(97)59(86)37-57(68)78/h9-11,13,15-20,22,30-31,33-39,41,62,65,96H,6-8,12,14,21,23-29,32,40,42-46H2,1-5H3,(H,87,99)(H,88,98)(H,89,109)(H,100,101)(H,102,103)(H,104,105)(H,106,107)(H,111,112)/t62-,65+/m0/s1. The van der Waals surface area contributed by atoms with Gasteiger partial charge in [0.2, 0.25) is 17.1 Å². The van der Waals surface area contributed by atoms with E-state index in [1.807, 2.05) is 19.1 Å². The molecule has 638 valence electrons. The zero-order valence-corrected chi connectivity index (χ0v) is 67.7. The van der Waals surface area contributed by atoms with Crippen LogP contribution in [0.3, 0.4) is 0 Å². The van der Waals surface area contributed by atoms with Crippen LogP contribution in [0, 0.1) is 5.41 Å². The lowest BCUT2D eigenvalue weighted by atomic mass is 9.84. The van der Waals surface area contributed by atoms with Crippen LogP contribution in [0.5, 0.6) is 34.5 Å². The van der Waals surface area contributed by atoms with Gasteiger partial charge in [-0.15, -0.1) is 5.10 Å². The van der Waals surface area contributed by atoms with E-state index in [2.05, 4.69) is 26.3 Å². The summed E-state index contributed by atoms with van der Waals surface area (Å²) in [5.41, 5.74) is 0.0212. The monoisotopic (exact) mass is 1710 g/mol. The molecular formula is C84H87Cl2N9O26. The summed E-state index contributed by atoms with van der Waals surface area (Å²) in [4.78, 5) is 159. The van der Waals surface area contributed by atoms with Gasteiger partial charge in [0.25, 0.3) is 17.7 Å². The molecular weight excluding hydrogens is 1620 g/mol. The number of fused-ring (bicyclic) bond motifs is 2. The summed E-state index contributed by atoms with van der Waals surface area (Å²) in [5.74, 6) is -10.3. The summed E-state index contributed by atoms with van der Waals surface area (Å²) >= 11 is 12.7. The lowest BCUT2D eigenvalue weighted by Crippen LogP contribution is -2.53. The first-order valence-corrected chi connectivity index (χ1v) is 38.7. The number of phenolic OH excluding ortho intramolecular Hbond substituents is 1. The first-order chi connectivity index (χ1) is 57.8. The highest BCUT2D eigenvalue weighted by Crippen LogP contribution is 2.46. The zero-order chi connectivity index (χ0) is 87.4. The molecule has 1 aliphatic carbocycles. The van der Waals surface area contributed by atoms with Gasteiger partial charge in [-0.25, -0.2) is 14.3 Å². The molecule has 3 aliphatic rings. The summed E-state index contributed by atoms with van der Waals surface area (Å²) in [5, 5.41) is 76.5. The first kappa shape index (κ1) is 89.8. The number of phenols is 1. The Labute approximate surface area is 700 Å². The Morgan fingerprint density at radius 2 is 1.35 bits per heavy atom. The van der Waals surface area contributed by atoms with E-state index in [0.29, 0.717) is 72.6 Å². The molecule has 4 amide bonds. The van der Waals surface area contributed by atoms with Crippen molar-refractivity contribution in [3.8, 4) is 56.9 Å². The van der Waals surface area contributed by atoms with Crippen molar-refractivity contribution < 1.29 is 121 Å². The Morgan fingerprint density at radius 1 is 0.678 bits per heavy atom. The predicted octanol–water partition coefficient (Wildman–Crippen LogP) is 9.22. The number of likely N-dealkylation sites (tertiary alicyclic amines) is 1. The number of nitrogens with zero attached hydrogens (tertiary/aromatic N) is 6. The number of carboxylic acids is 5. The third-order valence-corrected chi connectivity index (χ3v) is 20.2. The molecule has 1 saturated heterocycles. The number of piperidine rings is 1. The van der Waals surface area contributed by atoms with Gasteiger partial charge in [-0.05, 0) is 140 Å². The van der Waals surface area contributed by atoms with Crippen molar-refractivity contribution in [3.63, 3.8) is 0 Å². The number of aromatic nitrogens is 3. The highest BCUT2D eigenvalue weighted by Gasteiger charge is 2.42. The number of halogens is 2. The van der Waals surface area contributed by atoms with E-state index < -0.39 is 133 Å². The van der Waals surface area contributed by atoms with E-state index in [1.165, 1.54) is 84.5 Å². The van der Waals surface area contributed by atoms with Crippen LogP contribution in [0.2, 0.25) is 10.0 Å². The average Bonchev–Trinajstić information content (AvgIpc) is 0.889. The van der Waals surface area contributed by atoms with Crippen LogP contribution in [0.15, 0.2) is 137 Å². The molecule has 1 fully saturated rings. The molecule has 0 bridgehead atoms. The second-order valence-electron chi connectivity index (χ2n) is 28.5. The quantitative estimate of drug-likeness (QED) is 0.00743. The number of aromatic hydroxyl groups is 1. The van der Waals surface area contributed by atoms with Gasteiger partial charge < -0.3 is 98.9 Å². The van der Waals surface area contributed by atoms with Gasteiger partial charge in [-0.1, -0.05) is 73.5 Å². The molecule has 1 aromatic heterocycles. The molecule has 35 nitrogen and oxygen atoms in total. The van der Waals surface area contributed by atoms with Gasteiger partial charge in [0.15, 0.2) is 18.1 Å². The minimum absolute atomic E-state index is 0.0275. The van der Waals surface area contributed by atoms with Gasteiger partial charge in [-0.2, -0.15) is 0 Å². The SMILES string of the molecule is CCC(C)(C)C(=O)C(=O)N1CCCC[C@H]1C(=O)O[C@H](CCc1ccc(OC)c(OC)c1)c1cccc(OCC(=O)NCCOCCn2cc(CNC(=O)Cc3ccc(N(CC(=O)O)CC(=O)O)c(OCCOc4cc(NC(=O)c5ccc(C(=O)O)c(-c6c7cc(Cl)c(=O)cc-7oc7cc(O)c(Cl)cc67)c5)ccc4N(CC(=O)O)CC(=O)O)c3)nn2)c1. The molecule has 9 N–H and O–H groups in total. The Hall–Kier alpha value is -13.5. The lowest BCUT2D eigenvalue weighted by Gasteiger charge is -2.36. The Morgan fingerprint density at radius 3 is 2.02 bits per heavy atom. The third-order valence-electron chi connectivity index (χ3n) is 19.6. The number of aliphatic carboxylic acids is 4. The Bertz CT molecular complexity index is 5390. The molecule has 10 rings (SSSR count). The van der Waals surface area contributed by atoms with Gasteiger partial charge in [0.1, 0.15) is 91.6 Å². The number of rotatable bonds is 43. The molecule has 121 heavy (non-hydrogen) atoms. The van der Waals surface area contributed by atoms with E-state index in [1.54, 1.807) is 50.4 Å². The molecule has 37 heteroatoms. The topological polar surface area (TPSA) is 480 Å². The van der Waals surface area contributed by atoms with Crippen molar-refractivity contribution in [1.82, 2.24) is 30.5 Å². The number of hydrogen-bond donors (Lipinski definition) is 9. The van der Waals surface area contributed by atoms with Crippen molar-refractivity contribution in [2.75, 3.05) is 102 Å². The number of aryl methyl sites for hydroxylation is 1. The van der Waals surface area contributed by atoms with Gasteiger partial charge in [-0.3, -0.25) is 47.9 Å². The molecule has 0 saturated carbocycles. The lowest BCUT2D eigenvalue weighted by molar-refractivity contribution is -0.164. The van der Waals surface area contributed by atoms with E-state index in [-0.39, 0.29) is 136 Å². The highest BCUT2D eigenvalue weighted by molar-refractivity contribution is 6.38. The molecule has 6 aromatic carbocycles. The predicted molar refractivity (Wildman–Crippen MR) is 436 cm³/mol. The maximum atomic E-state index is 14.3. The van der Waals surface area contributed by atoms with Crippen LogP contribution < -0.4 is 54.9 Å². The molecule has 2 aliphatic heterocycles. The Balaban J connectivity index is 0.738. The number of nitrogens with one attached hydrogen (secondary N) is 3. The molecule has 3 heterocycles. The molecule has 0 spiro atoms. The fourth-order valence-electron chi connectivity index (χ4n) is 13.2. The second kappa shape index (κ2) is 41.2. The van der Waals surface area contributed by atoms with Crippen LogP contribution in [-0.2, 0) is 78.6 Å². The van der Waals surface area contributed by atoms with Crippen LogP contribution in [0.25, 0.3) is 33.4 Å². The molecule has 0 radical (unpaired) electrons. The summed E-state index contributed by atoms with van der Waals surface area (Å²) in [7, 11) is 3.06. The summed E-state index contributed by atoms with van der Waals surface area (Å²) in [6.07, 6.45) is 3.19. The fraction of sp³-hybridized carbons (Fsp3) is 0.333. The number of esters is 1. The normalized spacial score (nSPS) is 12.8. The average molecular weight is 1710 g/mol. The number of carboxylic acid groups (broad SMARTS) is 5.